The van der Waals surface area contributed by atoms with Crippen LogP contribution in [0.3, 0.4) is 0 Å². The molecule has 0 bridgehead atoms. The molecule has 0 aliphatic heterocycles. The molecule has 0 aliphatic rings. The Morgan fingerprint density at radius 2 is 2.18 bits per heavy atom. The van der Waals surface area contributed by atoms with Gasteiger partial charge in [-0.25, -0.2) is 4.98 Å². The Morgan fingerprint density at radius 1 is 1.35 bits per heavy atom. The molecule has 0 radical (unpaired) electrons. The maximum Gasteiger partial charge on any atom is 0.195 e. The SMILES string of the molecule is Cc1cccc2oc(CCC(C)CCN)nc12. The van der Waals surface area contributed by atoms with E-state index < -0.39 is 0 Å². The van der Waals surface area contributed by atoms with Crippen LogP contribution in [0.2, 0.25) is 0 Å². The van der Waals surface area contributed by atoms with Gasteiger partial charge in [-0.15, -0.1) is 0 Å². The molecule has 0 fully saturated rings. The Labute approximate surface area is 102 Å². The van der Waals surface area contributed by atoms with Crippen molar-refractivity contribution in [3.63, 3.8) is 0 Å². The normalized spacial score (nSPS) is 13.1. The van der Waals surface area contributed by atoms with E-state index in [-0.39, 0.29) is 0 Å². The summed E-state index contributed by atoms with van der Waals surface area (Å²) in [6.07, 6.45) is 3.05. The summed E-state index contributed by atoms with van der Waals surface area (Å²) in [4.78, 5) is 4.55. The van der Waals surface area contributed by atoms with Crippen molar-refractivity contribution < 1.29 is 4.42 Å². The largest absolute Gasteiger partial charge is 0.441 e. The average Bonchev–Trinajstić information content (AvgIpc) is 2.71. The summed E-state index contributed by atoms with van der Waals surface area (Å²) in [5.74, 6) is 1.48. The number of hydrogen-bond acceptors (Lipinski definition) is 3. The van der Waals surface area contributed by atoms with Gasteiger partial charge < -0.3 is 10.2 Å². The molecule has 0 spiro atoms. The minimum absolute atomic E-state index is 0.635. The number of aryl methyl sites for hydroxylation is 2. The molecule has 0 saturated heterocycles. The van der Waals surface area contributed by atoms with Crippen LogP contribution in [0.15, 0.2) is 22.6 Å². The first-order valence-corrected chi connectivity index (χ1v) is 6.26. The van der Waals surface area contributed by atoms with Crippen LogP contribution in [-0.4, -0.2) is 11.5 Å². The first kappa shape index (κ1) is 12.1. The summed E-state index contributed by atoms with van der Waals surface area (Å²) in [7, 11) is 0. The van der Waals surface area contributed by atoms with Crippen LogP contribution >= 0.6 is 0 Å². The van der Waals surface area contributed by atoms with Gasteiger partial charge in [-0.05, 0) is 43.9 Å². The third kappa shape index (κ3) is 2.86. The Hall–Kier alpha value is -1.35. The number of nitrogens with two attached hydrogens (primary N) is 1. The standard InChI is InChI=1S/C14H20N2O/c1-10(8-9-15)6-7-13-16-14-11(2)4-3-5-12(14)17-13/h3-5,10H,6-9,15H2,1-2H3. The van der Waals surface area contributed by atoms with Gasteiger partial charge >= 0.3 is 0 Å². The maximum absolute atomic E-state index is 5.74. The third-order valence-electron chi connectivity index (χ3n) is 3.18. The Kier molecular flexibility index (Phi) is 3.79. The van der Waals surface area contributed by atoms with Gasteiger partial charge in [0.05, 0.1) is 0 Å². The second kappa shape index (κ2) is 5.32. The molecular formula is C14H20N2O. The number of rotatable bonds is 5. The molecule has 2 aromatic rings. The molecule has 3 heteroatoms. The second-order valence-corrected chi connectivity index (χ2v) is 4.75. The van der Waals surface area contributed by atoms with Crippen molar-refractivity contribution in [3.05, 3.63) is 29.7 Å². The quantitative estimate of drug-likeness (QED) is 0.862. The van der Waals surface area contributed by atoms with Gasteiger partial charge in [-0.3, -0.25) is 0 Å². The molecule has 17 heavy (non-hydrogen) atoms. The first-order chi connectivity index (χ1) is 8.20. The molecule has 2 N–H and O–H groups in total. The highest BCUT2D eigenvalue weighted by molar-refractivity contribution is 5.76. The van der Waals surface area contributed by atoms with E-state index in [0.717, 1.165) is 42.8 Å². The van der Waals surface area contributed by atoms with Gasteiger partial charge in [0.1, 0.15) is 5.52 Å². The van der Waals surface area contributed by atoms with E-state index in [9.17, 15) is 0 Å². The molecule has 2 rings (SSSR count). The van der Waals surface area contributed by atoms with Crippen molar-refractivity contribution in [3.8, 4) is 0 Å². The van der Waals surface area contributed by atoms with Crippen molar-refractivity contribution in [1.29, 1.82) is 0 Å². The van der Waals surface area contributed by atoms with E-state index in [1.807, 2.05) is 12.1 Å². The fourth-order valence-corrected chi connectivity index (χ4v) is 2.04. The minimum atomic E-state index is 0.635. The summed E-state index contributed by atoms with van der Waals surface area (Å²) >= 11 is 0. The molecule has 1 heterocycles. The minimum Gasteiger partial charge on any atom is -0.441 e. The lowest BCUT2D eigenvalue weighted by Gasteiger charge is -2.06. The maximum atomic E-state index is 5.74. The molecule has 1 unspecified atom stereocenters. The lowest BCUT2D eigenvalue weighted by atomic mass is 10.0. The summed E-state index contributed by atoms with van der Waals surface area (Å²) in [6, 6.07) is 6.04. The third-order valence-corrected chi connectivity index (χ3v) is 3.18. The molecule has 0 aliphatic carbocycles. The van der Waals surface area contributed by atoms with Crippen molar-refractivity contribution >= 4 is 11.1 Å². The number of hydrogen-bond donors (Lipinski definition) is 1. The van der Waals surface area contributed by atoms with Gasteiger partial charge in [0.15, 0.2) is 11.5 Å². The van der Waals surface area contributed by atoms with Crippen LogP contribution in [0.1, 0.15) is 31.2 Å². The first-order valence-electron chi connectivity index (χ1n) is 6.26. The second-order valence-electron chi connectivity index (χ2n) is 4.75. The van der Waals surface area contributed by atoms with Gasteiger partial charge in [0.25, 0.3) is 0 Å². The zero-order valence-corrected chi connectivity index (χ0v) is 10.6. The number of nitrogens with zero attached hydrogens (tertiary/aromatic N) is 1. The number of para-hydroxylation sites is 1. The molecule has 92 valence electrons. The van der Waals surface area contributed by atoms with Crippen molar-refractivity contribution in [1.82, 2.24) is 4.98 Å². The zero-order valence-electron chi connectivity index (χ0n) is 10.6. The van der Waals surface area contributed by atoms with Crippen molar-refractivity contribution in [2.24, 2.45) is 11.7 Å². The lowest BCUT2D eigenvalue weighted by Crippen LogP contribution is -2.06. The summed E-state index contributed by atoms with van der Waals surface area (Å²) in [5, 5.41) is 0. The van der Waals surface area contributed by atoms with Gasteiger partial charge in [-0.2, -0.15) is 0 Å². The van der Waals surface area contributed by atoms with Crippen LogP contribution < -0.4 is 5.73 Å². The Bertz CT molecular complexity index is 490. The predicted molar refractivity (Wildman–Crippen MR) is 69.9 cm³/mol. The number of fused-ring (bicyclic) bond motifs is 1. The van der Waals surface area contributed by atoms with Gasteiger partial charge in [0, 0.05) is 6.42 Å². The van der Waals surface area contributed by atoms with E-state index in [1.165, 1.54) is 5.56 Å². The highest BCUT2D eigenvalue weighted by atomic mass is 16.3. The highest BCUT2D eigenvalue weighted by Crippen LogP contribution is 2.20. The van der Waals surface area contributed by atoms with E-state index in [0.29, 0.717) is 5.92 Å². The van der Waals surface area contributed by atoms with Gasteiger partial charge in [0.2, 0.25) is 0 Å². The van der Waals surface area contributed by atoms with E-state index >= 15 is 0 Å². The number of aromatic nitrogens is 1. The Morgan fingerprint density at radius 3 is 2.88 bits per heavy atom. The smallest absolute Gasteiger partial charge is 0.195 e. The molecule has 1 aromatic carbocycles. The molecule has 0 saturated carbocycles. The molecule has 1 aromatic heterocycles. The van der Waals surface area contributed by atoms with E-state index in [2.05, 4.69) is 24.9 Å². The fraction of sp³-hybridized carbons (Fsp3) is 0.500. The van der Waals surface area contributed by atoms with Crippen LogP contribution in [-0.2, 0) is 6.42 Å². The summed E-state index contributed by atoms with van der Waals surface area (Å²) in [6.45, 7) is 5.04. The highest BCUT2D eigenvalue weighted by Gasteiger charge is 2.09. The fourth-order valence-electron chi connectivity index (χ4n) is 2.04. The molecule has 0 amide bonds. The zero-order chi connectivity index (χ0) is 12.3. The molecule has 3 nitrogen and oxygen atoms in total. The van der Waals surface area contributed by atoms with Crippen LogP contribution in [0.4, 0.5) is 0 Å². The summed E-state index contributed by atoms with van der Waals surface area (Å²) < 4.78 is 5.74. The van der Waals surface area contributed by atoms with Crippen molar-refractivity contribution in [2.75, 3.05) is 6.54 Å². The number of oxazole rings is 1. The van der Waals surface area contributed by atoms with Gasteiger partial charge in [-0.1, -0.05) is 19.1 Å². The lowest BCUT2D eigenvalue weighted by molar-refractivity contribution is 0.451. The Balaban J connectivity index is 2.07. The van der Waals surface area contributed by atoms with Crippen LogP contribution in [0, 0.1) is 12.8 Å². The molecule has 1 atom stereocenters. The van der Waals surface area contributed by atoms with E-state index in [1.54, 1.807) is 0 Å². The predicted octanol–water partition coefficient (Wildman–Crippen LogP) is 3.05. The van der Waals surface area contributed by atoms with E-state index in [4.69, 9.17) is 10.2 Å². The van der Waals surface area contributed by atoms with Crippen LogP contribution in [0.25, 0.3) is 11.1 Å². The number of benzene rings is 1. The topological polar surface area (TPSA) is 52.0 Å². The van der Waals surface area contributed by atoms with Crippen molar-refractivity contribution in [2.45, 2.75) is 33.1 Å². The molecular weight excluding hydrogens is 212 g/mol. The summed E-state index contributed by atoms with van der Waals surface area (Å²) in [5.41, 5.74) is 8.60. The average molecular weight is 232 g/mol. The van der Waals surface area contributed by atoms with Crippen LogP contribution in [0.5, 0.6) is 0 Å². The monoisotopic (exact) mass is 232 g/mol.